The second-order valence-corrected chi connectivity index (χ2v) is 21.2. The molecule has 4 aromatic heterocycles. The van der Waals surface area contributed by atoms with Gasteiger partial charge in [-0.3, -0.25) is 0 Å². The first-order valence-electron chi connectivity index (χ1n) is 20.2. The van der Waals surface area contributed by atoms with E-state index in [4.69, 9.17) is 52.0 Å². The molecule has 0 amide bonds. The van der Waals surface area contributed by atoms with Crippen molar-refractivity contribution in [2.75, 3.05) is 31.5 Å². The van der Waals surface area contributed by atoms with Crippen LogP contribution in [-0.4, -0.2) is 70.9 Å². The Balaban J connectivity index is 0.000000191. The van der Waals surface area contributed by atoms with E-state index in [2.05, 4.69) is 25.3 Å². The summed E-state index contributed by atoms with van der Waals surface area (Å²) in [7, 11) is -7.59. The van der Waals surface area contributed by atoms with Crippen molar-refractivity contribution in [3.8, 4) is 22.5 Å². The lowest BCUT2D eigenvalue weighted by atomic mass is 9.94. The van der Waals surface area contributed by atoms with E-state index < -0.39 is 20.0 Å². The molecule has 0 aliphatic rings. The topological polar surface area (TPSA) is 220 Å². The van der Waals surface area contributed by atoms with Gasteiger partial charge in [-0.05, 0) is 78.5 Å². The number of fused-ring (bicyclic) bond motifs is 2. The number of anilines is 1. The van der Waals surface area contributed by atoms with Gasteiger partial charge in [0.2, 0.25) is 11.2 Å². The molecule has 4 heterocycles. The largest absolute Gasteiger partial charge is 0.354 e. The maximum absolute atomic E-state index is 13.4. The van der Waals surface area contributed by atoms with Crippen LogP contribution in [0.4, 0.5) is 5.95 Å². The van der Waals surface area contributed by atoms with Crippen molar-refractivity contribution in [1.82, 2.24) is 27.9 Å². The number of halogens is 3. The van der Waals surface area contributed by atoms with Gasteiger partial charge in [-0.2, -0.15) is 0 Å². The molecular weight excluding hydrogens is 927 g/mol. The molecule has 0 bridgehead atoms. The molecule has 0 spiro atoms. The summed E-state index contributed by atoms with van der Waals surface area (Å²) in [5.74, 6) is 0.397. The lowest BCUT2D eigenvalue weighted by Crippen LogP contribution is -2.31. The number of benzene rings is 4. The zero-order chi connectivity index (χ0) is 47.2. The summed E-state index contributed by atoms with van der Waals surface area (Å²) in [6.45, 7) is 10.6. The van der Waals surface area contributed by atoms with Gasteiger partial charge in [-0.1, -0.05) is 124 Å². The van der Waals surface area contributed by atoms with Crippen LogP contribution in [0.5, 0.6) is 0 Å². The molecule has 65 heavy (non-hydrogen) atoms. The first-order valence-corrected chi connectivity index (χ1v) is 24.2. The zero-order valence-corrected chi connectivity index (χ0v) is 39.9. The number of nitrogens with one attached hydrogen (secondary N) is 1. The van der Waals surface area contributed by atoms with Gasteiger partial charge in [0, 0.05) is 40.8 Å². The minimum Gasteiger partial charge on any atom is -0.354 e. The summed E-state index contributed by atoms with van der Waals surface area (Å²) in [5.41, 5.74) is 19.6. The van der Waals surface area contributed by atoms with E-state index in [0.29, 0.717) is 76.1 Å². The second-order valence-electron chi connectivity index (χ2n) is 16.4. The third-order valence-electron chi connectivity index (χ3n) is 10.3. The highest BCUT2D eigenvalue weighted by Crippen LogP contribution is 2.37. The molecule has 0 unspecified atom stereocenters. The van der Waals surface area contributed by atoms with Gasteiger partial charge in [0.05, 0.1) is 54.7 Å². The molecule has 7 N–H and O–H groups in total. The number of hydrogen-bond donors (Lipinski definition) is 4. The van der Waals surface area contributed by atoms with Crippen LogP contribution in [0.1, 0.15) is 27.7 Å². The van der Waals surface area contributed by atoms with Gasteiger partial charge in [-0.25, -0.2) is 44.7 Å². The van der Waals surface area contributed by atoms with Crippen molar-refractivity contribution in [2.45, 2.75) is 37.5 Å². The highest BCUT2D eigenvalue weighted by atomic mass is 35.5. The first-order chi connectivity index (χ1) is 30.8. The molecule has 0 saturated heterocycles. The zero-order valence-electron chi connectivity index (χ0n) is 36.0. The maximum atomic E-state index is 13.4. The number of nitrogens with zero attached hydrogens (tertiary/aromatic N) is 6. The smallest absolute Gasteiger partial charge is 0.268 e. The molecule has 0 aliphatic carbocycles. The van der Waals surface area contributed by atoms with E-state index in [9.17, 15) is 16.8 Å². The second kappa shape index (κ2) is 20.4. The minimum atomic E-state index is -3.81. The molecule has 0 fully saturated rings. The monoisotopic (exact) mass is 974 g/mol. The van der Waals surface area contributed by atoms with Crippen molar-refractivity contribution in [1.29, 1.82) is 0 Å². The van der Waals surface area contributed by atoms with Crippen LogP contribution in [0, 0.1) is 10.8 Å². The SMILES string of the molecule is CC(C)(CN)CN.CC(C)(CN)CNc1ncc(Cl)c(-c2cn(S(=O)(=O)c3ccccc3)c3ccccc23)n1.O=S(=O)(c1ccccc1)n1cc(-c2nc(Cl)ncc2Cl)c2ccccc21. The summed E-state index contributed by atoms with van der Waals surface area (Å²) in [6, 6.07) is 31.0. The molecule has 8 aromatic rings. The van der Waals surface area contributed by atoms with Gasteiger partial charge in [0.1, 0.15) is 0 Å². The van der Waals surface area contributed by atoms with E-state index in [0.717, 1.165) is 5.39 Å². The van der Waals surface area contributed by atoms with Crippen molar-refractivity contribution in [3.63, 3.8) is 0 Å². The van der Waals surface area contributed by atoms with Crippen molar-refractivity contribution < 1.29 is 16.8 Å². The predicted molar refractivity (Wildman–Crippen MR) is 262 cm³/mol. The Hall–Kier alpha value is -5.43. The van der Waals surface area contributed by atoms with E-state index >= 15 is 0 Å². The van der Waals surface area contributed by atoms with E-state index in [-0.39, 0.29) is 30.9 Å². The Morgan fingerprint density at radius 1 is 0.554 bits per heavy atom. The van der Waals surface area contributed by atoms with Crippen LogP contribution in [0.15, 0.2) is 144 Å². The van der Waals surface area contributed by atoms with E-state index in [1.807, 2.05) is 52.0 Å². The summed E-state index contributed by atoms with van der Waals surface area (Å²) in [5, 5.41) is 5.27. The van der Waals surface area contributed by atoms with Gasteiger partial charge in [0.15, 0.2) is 0 Å². The highest BCUT2D eigenvalue weighted by molar-refractivity contribution is 7.90. The fourth-order valence-electron chi connectivity index (χ4n) is 6.14. The van der Waals surface area contributed by atoms with Crippen LogP contribution in [-0.2, 0) is 20.0 Å². The Morgan fingerprint density at radius 2 is 0.954 bits per heavy atom. The van der Waals surface area contributed by atoms with Crippen LogP contribution in [0.2, 0.25) is 15.3 Å². The molecule has 4 aromatic carbocycles. The van der Waals surface area contributed by atoms with Crippen LogP contribution >= 0.6 is 34.8 Å². The average Bonchev–Trinajstić information content (AvgIpc) is 3.91. The fourth-order valence-corrected chi connectivity index (χ4v) is 9.44. The molecule has 0 atom stereocenters. The molecular formula is C46H49Cl3N10O4S2. The summed E-state index contributed by atoms with van der Waals surface area (Å²) >= 11 is 18.6. The Bertz CT molecular complexity index is 3140. The molecule has 340 valence electrons. The number of aromatic nitrogens is 6. The Kier molecular flexibility index (Phi) is 15.4. The van der Waals surface area contributed by atoms with Crippen molar-refractivity contribution in [3.05, 3.63) is 149 Å². The number of nitrogens with two attached hydrogens (primary N) is 3. The van der Waals surface area contributed by atoms with Gasteiger partial charge in [-0.15, -0.1) is 0 Å². The Morgan fingerprint density at radius 3 is 1.38 bits per heavy atom. The number of para-hydroxylation sites is 2. The number of rotatable bonds is 12. The lowest BCUT2D eigenvalue weighted by Gasteiger charge is -2.22. The van der Waals surface area contributed by atoms with Gasteiger partial charge in [0.25, 0.3) is 20.0 Å². The maximum Gasteiger partial charge on any atom is 0.268 e. The fraction of sp³-hybridized carbons (Fsp3) is 0.217. The molecule has 0 radical (unpaired) electrons. The third kappa shape index (κ3) is 11.2. The third-order valence-corrected chi connectivity index (χ3v) is 14.4. The summed E-state index contributed by atoms with van der Waals surface area (Å²) in [6.07, 6.45) is 5.98. The highest BCUT2D eigenvalue weighted by Gasteiger charge is 2.25. The molecule has 0 saturated carbocycles. The number of hydrogen-bond acceptors (Lipinski definition) is 12. The quantitative estimate of drug-likeness (QED) is 0.0843. The van der Waals surface area contributed by atoms with E-state index in [1.54, 1.807) is 91.1 Å². The molecule has 19 heteroatoms. The molecule has 14 nitrogen and oxygen atoms in total. The average molecular weight is 976 g/mol. The Labute approximate surface area is 393 Å². The standard InChI is InChI=1S/C23H24ClN5O2S.C18H11Cl2N3O2S.C5H14N2/c1-23(2,14-25)15-27-22-26-12-19(24)21(28-22)18-13-29(20-11-7-6-10-17(18)20)32(30,31)16-8-4-3-5-9-16;19-15-10-21-18(20)22-17(15)14-11-23(16-9-5-4-8-13(14)16)26(24,25)12-6-2-1-3-7-12;1-5(2,3-6)4-7/h3-13H,14-15,25H2,1-2H3,(H,26,27,28);1-11H;3-4,6-7H2,1-2H3. The van der Waals surface area contributed by atoms with Crippen LogP contribution in [0.25, 0.3) is 44.3 Å². The van der Waals surface area contributed by atoms with Crippen LogP contribution < -0.4 is 22.5 Å². The van der Waals surface area contributed by atoms with Gasteiger partial charge < -0.3 is 22.5 Å². The first kappa shape index (κ1) is 49.0. The van der Waals surface area contributed by atoms with Crippen LogP contribution in [0.3, 0.4) is 0 Å². The predicted octanol–water partition coefficient (Wildman–Crippen LogP) is 8.96. The normalized spacial score (nSPS) is 12.0. The van der Waals surface area contributed by atoms with Crippen molar-refractivity contribution in [2.24, 2.45) is 28.0 Å². The lowest BCUT2D eigenvalue weighted by molar-refractivity contribution is 0.393. The minimum absolute atomic E-state index is 0.0344. The molecule has 8 rings (SSSR count). The van der Waals surface area contributed by atoms with E-state index in [1.165, 1.54) is 26.5 Å². The summed E-state index contributed by atoms with van der Waals surface area (Å²) in [4.78, 5) is 17.3. The molecule has 0 aliphatic heterocycles. The van der Waals surface area contributed by atoms with Gasteiger partial charge >= 0.3 is 0 Å². The van der Waals surface area contributed by atoms with Crippen molar-refractivity contribution >= 4 is 82.6 Å². The summed E-state index contributed by atoms with van der Waals surface area (Å²) < 4.78 is 55.5.